The number of carbonyl (C=O) groups is 2. The van der Waals surface area contributed by atoms with Gasteiger partial charge in [0.25, 0.3) is 11.8 Å². The van der Waals surface area contributed by atoms with Gasteiger partial charge in [-0.2, -0.15) is 18.2 Å². The van der Waals surface area contributed by atoms with Gasteiger partial charge in [-0.3, -0.25) is 15.0 Å². The number of hydrazine groups is 1. The summed E-state index contributed by atoms with van der Waals surface area (Å²) in [5.74, 6) is -1.49. The van der Waals surface area contributed by atoms with Gasteiger partial charge in [0.2, 0.25) is 5.13 Å². The van der Waals surface area contributed by atoms with Crippen molar-refractivity contribution in [3.8, 4) is 0 Å². The molecule has 0 saturated carbocycles. The van der Waals surface area contributed by atoms with Crippen LogP contribution in [0.1, 0.15) is 26.4 Å². The fraction of sp³-hybridized carbons (Fsp3) is 0.0556. The number of anilines is 1. The lowest BCUT2D eigenvalue weighted by atomic mass is 10.2. The SMILES string of the molecule is O=C(NN(C(=O)c1cc(Br)cc(Br)c1)c1nc(C(F)(F)F)cs1)c1cc(Br)cc(Br)c1. The molecule has 13 heteroatoms. The maximum atomic E-state index is 13.1. The number of amides is 2. The molecule has 0 radical (unpaired) electrons. The Labute approximate surface area is 211 Å². The Morgan fingerprint density at radius 1 is 0.871 bits per heavy atom. The summed E-state index contributed by atoms with van der Waals surface area (Å²) < 4.78 is 41.4. The van der Waals surface area contributed by atoms with E-state index >= 15 is 0 Å². The highest BCUT2D eigenvalue weighted by Gasteiger charge is 2.35. The standard InChI is InChI=1S/C18H8Br4F3N3O2S/c19-10-1-8(2-11(20)5-10)15(29)27-28(17-26-14(7-31-17)18(23,24)25)16(30)9-3-12(21)6-13(22)4-9/h1-7H,(H,27,29). The van der Waals surface area contributed by atoms with Crippen LogP contribution in [0.5, 0.6) is 0 Å². The fourth-order valence-corrected chi connectivity index (χ4v) is 5.72. The molecule has 2 amide bonds. The Balaban J connectivity index is 2.02. The molecule has 0 aliphatic heterocycles. The summed E-state index contributed by atoms with van der Waals surface area (Å²) in [6.07, 6.45) is -4.69. The van der Waals surface area contributed by atoms with Crippen LogP contribution < -0.4 is 10.4 Å². The van der Waals surface area contributed by atoms with Crippen LogP contribution in [0.15, 0.2) is 59.7 Å². The van der Waals surface area contributed by atoms with Crippen molar-refractivity contribution in [2.45, 2.75) is 6.18 Å². The summed E-state index contributed by atoms with van der Waals surface area (Å²) in [7, 11) is 0. The van der Waals surface area contributed by atoms with Gasteiger partial charge in [0.05, 0.1) is 0 Å². The van der Waals surface area contributed by atoms with Crippen LogP contribution in [-0.4, -0.2) is 16.8 Å². The molecule has 31 heavy (non-hydrogen) atoms. The summed E-state index contributed by atoms with van der Waals surface area (Å²) in [5.41, 5.74) is 1.47. The average Bonchev–Trinajstić information content (AvgIpc) is 3.14. The predicted octanol–water partition coefficient (Wildman–Crippen LogP) is 7.20. The first-order chi connectivity index (χ1) is 14.4. The molecule has 162 valence electrons. The number of halogens is 7. The van der Waals surface area contributed by atoms with Crippen LogP contribution in [0.25, 0.3) is 0 Å². The third-order valence-corrected chi connectivity index (χ3v) is 6.28. The molecule has 0 aliphatic carbocycles. The van der Waals surface area contributed by atoms with Crippen LogP contribution >= 0.6 is 75.1 Å². The molecular weight excluding hydrogens is 699 g/mol. The van der Waals surface area contributed by atoms with Crippen molar-refractivity contribution in [3.05, 3.63) is 76.5 Å². The highest BCUT2D eigenvalue weighted by atomic mass is 79.9. The van der Waals surface area contributed by atoms with Gasteiger partial charge in [0.1, 0.15) is 0 Å². The molecule has 1 heterocycles. The van der Waals surface area contributed by atoms with Crippen LogP contribution in [0.2, 0.25) is 0 Å². The highest BCUT2D eigenvalue weighted by molar-refractivity contribution is 9.11. The average molecular weight is 707 g/mol. The zero-order valence-corrected chi connectivity index (χ0v) is 22.0. The summed E-state index contributed by atoms with van der Waals surface area (Å²) in [4.78, 5) is 29.4. The van der Waals surface area contributed by atoms with E-state index in [0.717, 1.165) is 5.38 Å². The Hall–Kier alpha value is -1.28. The minimum Gasteiger partial charge on any atom is -0.267 e. The minimum absolute atomic E-state index is 0.112. The normalized spacial score (nSPS) is 11.3. The molecule has 0 atom stereocenters. The van der Waals surface area contributed by atoms with Crippen LogP contribution in [0.3, 0.4) is 0 Å². The quantitative estimate of drug-likeness (QED) is 0.293. The molecule has 0 fully saturated rings. The monoisotopic (exact) mass is 703 g/mol. The molecule has 3 rings (SSSR count). The van der Waals surface area contributed by atoms with Crippen molar-refractivity contribution >= 4 is 92.0 Å². The molecule has 0 spiro atoms. The third-order valence-electron chi connectivity index (χ3n) is 3.62. The van der Waals surface area contributed by atoms with Gasteiger partial charge >= 0.3 is 6.18 Å². The van der Waals surface area contributed by atoms with E-state index in [4.69, 9.17) is 0 Å². The van der Waals surface area contributed by atoms with Crippen LogP contribution in [0.4, 0.5) is 18.3 Å². The number of benzene rings is 2. The van der Waals surface area contributed by atoms with Crippen molar-refractivity contribution in [2.75, 3.05) is 5.01 Å². The molecular formula is C18H8Br4F3N3O2S. The van der Waals surface area contributed by atoms with E-state index in [9.17, 15) is 22.8 Å². The molecule has 3 aromatic rings. The van der Waals surface area contributed by atoms with Crippen LogP contribution in [0, 0.1) is 0 Å². The number of rotatable bonds is 3. The lowest BCUT2D eigenvalue weighted by Crippen LogP contribution is -2.46. The topological polar surface area (TPSA) is 62.3 Å². The summed E-state index contributed by atoms with van der Waals surface area (Å²) >= 11 is 13.6. The lowest BCUT2D eigenvalue weighted by molar-refractivity contribution is -0.140. The van der Waals surface area contributed by atoms with Crippen molar-refractivity contribution in [2.24, 2.45) is 0 Å². The number of nitrogens with zero attached hydrogens (tertiary/aromatic N) is 2. The van der Waals surface area contributed by atoms with Crippen LogP contribution in [-0.2, 0) is 6.18 Å². The van der Waals surface area contributed by atoms with E-state index in [-0.39, 0.29) is 16.3 Å². The Kier molecular flexibility index (Phi) is 7.62. The number of nitrogens with one attached hydrogen (secondary N) is 1. The Morgan fingerprint density at radius 2 is 1.35 bits per heavy atom. The smallest absolute Gasteiger partial charge is 0.267 e. The fourth-order valence-electron chi connectivity index (χ4n) is 2.34. The molecule has 0 unspecified atom stereocenters. The van der Waals surface area contributed by atoms with Crippen molar-refractivity contribution in [1.82, 2.24) is 10.4 Å². The third kappa shape index (κ3) is 6.15. The Morgan fingerprint density at radius 3 is 1.81 bits per heavy atom. The Bertz CT molecular complexity index is 1130. The first-order valence-electron chi connectivity index (χ1n) is 8.04. The second-order valence-electron chi connectivity index (χ2n) is 5.91. The number of hydrogen-bond acceptors (Lipinski definition) is 4. The van der Waals surface area contributed by atoms with E-state index in [1.54, 1.807) is 12.1 Å². The first-order valence-corrected chi connectivity index (χ1v) is 12.1. The van der Waals surface area contributed by atoms with Gasteiger partial charge in [-0.05, 0) is 36.4 Å². The highest BCUT2D eigenvalue weighted by Crippen LogP contribution is 2.33. The molecule has 0 aliphatic rings. The summed E-state index contributed by atoms with van der Waals surface area (Å²) in [5, 5.41) is 1.13. The van der Waals surface area contributed by atoms with Gasteiger partial charge in [-0.15, -0.1) is 11.3 Å². The number of hydrogen-bond donors (Lipinski definition) is 1. The number of thiazole rings is 1. The zero-order valence-electron chi connectivity index (χ0n) is 14.8. The van der Waals surface area contributed by atoms with Gasteiger partial charge in [0.15, 0.2) is 5.69 Å². The van der Waals surface area contributed by atoms with Gasteiger partial charge < -0.3 is 0 Å². The molecule has 1 N–H and O–H groups in total. The molecule has 0 saturated heterocycles. The second-order valence-corrected chi connectivity index (χ2v) is 10.4. The molecule has 0 bridgehead atoms. The van der Waals surface area contributed by atoms with E-state index < -0.39 is 23.7 Å². The number of aromatic nitrogens is 1. The summed E-state index contributed by atoms with van der Waals surface area (Å²) in [6.45, 7) is 0. The lowest BCUT2D eigenvalue weighted by Gasteiger charge is -2.21. The largest absolute Gasteiger partial charge is 0.434 e. The van der Waals surface area contributed by atoms with E-state index in [0.29, 0.717) is 34.2 Å². The molecule has 2 aromatic carbocycles. The maximum absolute atomic E-state index is 13.1. The van der Waals surface area contributed by atoms with E-state index in [1.165, 1.54) is 24.3 Å². The van der Waals surface area contributed by atoms with Crippen molar-refractivity contribution in [1.29, 1.82) is 0 Å². The maximum Gasteiger partial charge on any atom is 0.434 e. The van der Waals surface area contributed by atoms with Gasteiger partial charge in [0, 0.05) is 34.4 Å². The number of alkyl halides is 3. The zero-order chi connectivity index (χ0) is 22.9. The van der Waals surface area contributed by atoms with E-state index in [2.05, 4.69) is 74.1 Å². The number of carbonyl (C=O) groups excluding carboxylic acids is 2. The summed E-state index contributed by atoms with van der Waals surface area (Å²) in [6, 6.07) is 9.34. The molecule has 1 aromatic heterocycles. The van der Waals surface area contributed by atoms with Crippen molar-refractivity contribution < 1.29 is 22.8 Å². The van der Waals surface area contributed by atoms with Gasteiger partial charge in [-0.1, -0.05) is 63.7 Å². The van der Waals surface area contributed by atoms with Gasteiger partial charge in [-0.25, -0.2) is 4.98 Å². The first kappa shape index (κ1) is 24.4. The predicted molar refractivity (Wildman–Crippen MR) is 125 cm³/mol. The minimum atomic E-state index is -4.69. The van der Waals surface area contributed by atoms with Crippen molar-refractivity contribution in [3.63, 3.8) is 0 Å². The van der Waals surface area contributed by atoms with E-state index in [1.807, 2.05) is 0 Å². The molecule has 5 nitrogen and oxygen atoms in total. The second kappa shape index (κ2) is 9.69.